The van der Waals surface area contributed by atoms with Crippen LogP contribution in [0.1, 0.15) is 19.6 Å². The van der Waals surface area contributed by atoms with Gasteiger partial charge in [-0.15, -0.1) is 0 Å². The summed E-state index contributed by atoms with van der Waals surface area (Å²) < 4.78 is 19.3. The van der Waals surface area contributed by atoms with Crippen molar-refractivity contribution in [3.63, 3.8) is 0 Å². The molecular weight excluding hydrogens is 241 g/mol. The van der Waals surface area contributed by atoms with Gasteiger partial charge in [-0.1, -0.05) is 31.6 Å². The van der Waals surface area contributed by atoms with Crippen LogP contribution < -0.4 is 5.73 Å². The number of halogens is 1. The molecule has 2 nitrogen and oxygen atoms in total. The first kappa shape index (κ1) is 13.6. The largest absolute Gasteiger partial charge is 0.457 e. The number of rotatable bonds is 4. The second kappa shape index (κ2) is 5.85. The molecular formula is C16H18FNO. The average Bonchev–Trinajstić information content (AvgIpc) is 2.84. The van der Waals surface area contributed by atoms with Crippen LogP contribution in [0, 0.1) is 11.7 Å². The Balaban J connectivity index is 2.32. The summed E-state index contributed by atoms with van der Waals surface area (Å²) in [6.07, 6.45) is 1.93. The molecule has 0 aliphatic heterocycles. The SMILES string of the molecule is CC(C)C(=Cc1ccc(-c2ccccc2F)o1)CN. The van der Waals surface area contributed by atoms with Crippen LogP contribution in [0.4, 0.5) is 4.39 Å². The maximum absolute atomic E-state index is 13.6. The molecule has 0 saturated carbocycles. The molecule has 0 radical (unpaired) electrons. The lowest BCUT2D eigenvalue weighted by Crippen LogP contribution is -2.07. The molecule has 0 aliphatic rings. The van der Waals surface area contributed by atoms with E-state index in [1.807, 2.05) is 12.1 Å². The molecule has 1 aromatic carbocycles. The van der Waals surface area contributed by atoms with Crippen molar-refractivity contribution >= 4 is 6.08 Å². The third-order valence-corrected chi connectivity index (χ3v) is 3.07. The Morgan fingerprint density at radius 3 is 2.63 bits per heavy atom. The first-order valence-corrected chi connectivity index (χ1v) is 6.37. The van der Waals surface area contributed by atoms with Gasteiger partial charge in [0.15, 0.2) is 0 Å². The van der Waals surface area contributed by atoms with Crippen molar-refractivity contribution in [2.75, 3.05) is 6.54 Å². The number of furan rings is 1. The highest BCUT2D eigenvalue weighted by atomic mass is 19.1. The van der Waals surface area contributed by atoms with E-state index in [9.17, 15) is 4.39 Å². The normalized spacial score (nSPS) is 12.2. The standard InChI is InChI=1S/C16H18FNO/c1-11(2)12(10-18)9-13-7-8-16(19-13)14-5-3-4-6-15(14)17/h3-9,11H,10,18H2,1-2H3. The van der Waals surface area contributed by atoms with Crippen molar-refractivity contribution in [1.82, 2.24) is 0 Å². The average molecular weight is 259 g/mol. The maximum atomic E-state index is 13.6. The minimum absolute atomic E-state index is 0.282. The molecule has 0 saturated heterocycles. The van der Waals surface area contributed by atoms with Crippen molar-refractivity contribution < 1.29 is 8.81 Å². The van der Waals surface area contributed by atoms with Gasteiger partial charge in [0.05, 0.1) is 5.56 Å². The second-order valence-corrected chi connectivity index (χ2v) is 4.76. The Kier molecular flexibility index (Phi) is 4.17. The van der Waals surface area contributed by atoms with Gasteiger partial charge >= 0.3 is 0 Å². The first-order chi connectivity index (χ1) is 9.11. The summed E-state index contributed by atoms with van der Waals surface area (Å²) >= 11 is 0. The first-order valence-electron chi connectivity index (χ1n) is 6.37. The molecule has 0 fully saturated rings. The van der Waals surface area contributed by atoms with Gasteiger partial charge in [0.25, 0.3) is 0 Å². The molecule has 3 heteroatoms. The summed E-state index contributed by atoms with van der Waals surface area (Å²) in [7, 11) is 0. The summed E-state index contributed by atoms with van der Waals surface area (Å²) in [5.74, 6) is 1.32. The molecule has 0 aliphatic carbocycles. The van der Waals surface area contributed by atoms with Crippen LogP contribution in [0.25, 0.3) is 17.4 Å². The fraction of sp³-hybridized carbons (Fsp3) is 0.250. The van der Waals surface area contributed by atoms with Gasteiger partial charge in [-0.2, -0.15) is 0 Å². The third-order valence-electron chi connectivity index (χ3n) is 3.07. The Labute approximate surface area is 112 Å². The molecule has 0 atom stereocenters. The lowest BCUT2D eigenvalue weighted by atomic mass is 10.0. The Bertz CT molecular complexity index is 584. The Morgan fingerprint density at radius 2 is 2.00 bits per heavy atom. The van der Waals surface area contributed by atoms with Gasteiger partial charge < -0.3 is 10.2 Å². The highest BCUT2D eigenvalue weighted by molar-refractivity contribution is 5.61. The molecule has 100 valence electrons. The highest BCUT2D eigenvalue weighted by Gasteiger charge is 2.09. The molecule has 2 aromatic rings. The molecule has 0 unspecified atom stereocenters. The molecule has 1 aromatic heterocycles. The fourth-order valence-electron chi connectivity index (χ4n) is 1.88. The van der Waals surface area contributed by atoms with Gasteiger partial charge in [0, 0.05) is 6.54 Å². The monoisotopic (exact) mass is 259 g/mol. The molecule has 0 bridgehead atoms. The lowest BCUT2D eigenvalue weighted by Gasteiger charge is -2.07. The lowest BCUT2D eigenvalue weighted by molar-refractivity contribution is 0.559. The zero-order valence-corrected chi connectivity index (χ0v) is 11.2. The summed E-state index contributed by atoms with van der Waals surface area (Å²) in [5, 5.41) is 0. The summed E-state index contributed by atoms with van der Waals surface area (Å²) in [4.78, 5) is 0. The molecule has 0 spiro atoms. The molecule has 2 rings (SSSR count). The van der Waals surface area contributed by atoms with E-state index in [4.69, 9.17) is 10.2 Å². The van der Waals surface area contributed by atoms with Gasteiger partial charge in [0.2, 0.25) is 0 Å². The van der Waals surface area contributed by atoms with E-state index in [1.54, 1.807) is 24.3 Å². The van der Waals surface area contributed by atoms with Gasteiger partial charge in [-0.25, -0.2) is 4.39 Å². The van der Waals surface area contributed by atoms with Crippen molar-refractivity contribution in [2.24, 2.45) is 11.7 Å². The van der Waals surface area contributed by atoms with E-state index in [-0.39, 0.29) is 5.82 Å². The molecule has 1 heterocycles. The van der Waals surface area contributed by atoms with Crippen LogP contribution in [0.3, 0.4) is 0 Å². The molecule has 19 heavy (non-hydrogen) atoms. The number of hydrogen-bond acceptors (Lipinski definition) is 2. The quantitative estimate of drug-likeness (QED) is 0.898. The fourth-order valence-corrected chi connectivity index (χ4v) is 1.88. The number of benzene rings is 1. The van der Waals surface area contributed by atoms with E-state index >= 15 is 0 Å². The number of hydrogen-bond donors (Lipinski definition) is 1. The van der Waals surface area contributed by atoms with Crippen molar-refractivity contribution in [2.45, 2.75) is 13.8 Å². The third kappa shape index (κ3) is 3.12. The van der Waals surface area contributed by atoms with Crippen LogP contribution in [0.2, 0.25) is 0 Å². The topological polar surface area (TPSA) is 39.2 Å². The van der Waals surface area contributed by atoms with E-state index in [0.29, 0.717) is 29.5 Å². The molecule has 0 amide bonds. The zero-order chi connectivity index (χ0) is 13.8. The van der Waals surface area contributed by atoms with Crippen molar-refractivity contribution in [1.29, 1.82) is 0 Å². The van der Waals surface area contributed by atoms with Crippen LogP contribution in [0.15, 0.2) is 46.4 Å². The van der Waals surface area contributed by atoms with Gasteiger partial charge in [0.1, 0.15) is 17.3 Å². The zero-order valence-electron chi connectivity index (χ0n) is 11.2. The van der Waals surface area contributed by atoms with Crippen molar-refractivity contribution in [3.05, 3.63) is 53.5 Å². The van der Waals surface area contributed by atoms with E-state index in [0.717, 1.165) is 5.57 Å². The van der Waals surface area contributed by atoms with Crippen LogP contribution >= 0.6 is 0 Å². The van der Waals surface area contributed by atoms with E-state index in [2.05, 4.69) is 13.8 Å². The Hall–Kier alpha value is -1.87. The summed E-state index contributed by atoms with van der Waals surface area (Å²) in [5.41, 5.74) is 7.27. The smallest absolute Gasteiger partial charge is 0.137 e. The maximum Gasteiger partial charge on any atom is 0.137 e. The van der Waals surface area contributed by atoms with E-state index < -0.39 is 0 Å². The predicted octanol–water partition coefficient (Wildman–Crippen LogP) is 4.08. The summed E-state index contributed by atoms with van der Waals surface area (Å²) in [6, 6.07) is 10.2. The number of nitrogens with two attached hydrogens (primary N) is 1. The van der Waals surface area contributed by atoms with Crippen LogP contribution in [-0.4, -0.2) is 6.54 Å². The Morgan fingerprint density at radius 1 is 1.26 bits per heavy atom. The van der Waals surface area contributed by atoms with Crippen molar-refractivity contribution in [3.8, 4) is 11.3 Å². The van der Waals surface area contributed by atoms with Crippen LogP contribution in [-0.2, 0) is 0 Å². The van der Waals surface area contributed by atoms with Gasteiger partial charge in [-0.05, 0) is 36.3 Å². The minimum Gasteiger partial charge on any atom is -0.457 e. The molecule has 2 N–H and O–H groups in total. The highest BCUT2D eigenvalue weighted by Crippen LogP contribution is 2.26. The van der Waals surface area contributed by atoms with Crippen LogP contribution in [0.5, 0.6) is 0 Å². The predicted molar refractivity (Wildman–Crippen MR) is 76.0 cm³/mol. The second-order valence-electron chi connectivity index (χ2n) is 4.76. The van der Waals surface area contributed by atoms with E-state index in [1.165, 1.54) is 6.07 Å². The summed E-state index contributed by atoms with van der Waals surface area (Å²) in [6.45, 7) is 4.66. The minimum atomic E-state index is -0.282. The van der Waals surface area contributed by atoms with Gasteiger partial charge in [-0.3, -0.25) is 0 Å².